The van der Waals surface area contributed by atoms with E-state index in [2.05, 4.69) is 15.0 Å². The average Bonchev–Trinajstić information content (AvgIpc) is 2.39. The summed E-state index contributed by atoms with van der Waals surface area (Å²) in [5.41, 5.74) is 0.650. The summed E-state index contributed by atoms with van der Waals surface area (Å²) in [7, 11) is 1.24. The summed E-state index contributed by atoms with van der Waals surface area (Å²) in [6, 6.07) is 5.37. The summed E-state index contributed by atoms with van der Waals surface area (Å²) in [6.45, 7) is 0. The summed E-state index contributed by atoms with van der Waals surface area (Å²) in [4.78, 5) is 15.3. The van der Waals surface area contributed by atoms with Gasteiger partial charge in [0.2, 0.25) is 0 Å². The van der Waals surface area contributed by atoms with Crippen molar-refractivity contribution in [3.8, 4) is 6.07 Å². The largest absolute Gasteiger partial charge is 0.465 e. The van der Waals surface area contributed by atoms with Crippen molar-refractivity contribution >= 4 is 23.4 Å². The molecule has 0 aliphatic heterocycles. The van der Waals surface area contributed by atoms with Crippen LogP contribution in [0.15, 0.2) is 35.1 Å². The number of ether oxygens (including phenoxy) is 1. The Balaban J connectivity index is 3.02. The number of pyridine rings is 1. The Morgan fingerprint density at radius 3 is 2.88 bits per heavy atom. The second kappa shape index (κ2) is 6.55. The monoisotopic (exact) mass is 249 g/mol. The van der Waals surface area contributed by atoms with Gasteiger partial charge in [-0.2, -0.15) is 5.26 Å². The fourth-order valence-corrected chi connectivity index (χ4v) is 1.63. The maximum absolute atomic E-state index is 11.4. The first kappa shape index (κ1) is 13.1. The van der Waals surface area contributed by atoms with E-state index in [1.54, 1.807) is 30.8 Å². The van der Waals surface area contributed by atoms with E-state index >= 15 is 0 Å². The van der Waals surface area contributed by atoms with Gasteiger partial charge in [-0.25, -0.2) is 4.79 Å². The van der Waals surface area contributed by atoms with Crippen LogP contribution in [-0.2, 0) is 9.53 Å². The van der Waals surface area contributed by atoms with Crippen molar-refractivity contribution in [3.63, 3.8) is 0 Å². The molecule has 88 valence electrons. The molecule has 0 radical (unpaired) electrons. The predicted molar refractivity (Wildman–Crippen MR) is 66.0 cm³/mol. The Morgan fingerprint density at radius 1 is 1.65 bits per heavy atom. The number of rotatable bonds is 4. The topological polar surface area (TPSA) is 75.0 Å². The van der Waals surface area contributed by atoms with Crippen molar-refractivity contribution in [2.75, 3.05) is 18.7 Å². The third kappa shape index (κ3) is 3.50. The number of carbonyl (C=O) groups is 1. The molecule has 0 aromatic carbocycles. The molecule has 1 heterocycles. The Kier molecular flexibility index (Phi) is 5.04. The molecular weight excluding hydrogens is 238 g/mol. The molecule has 0 amide bonds. The number of thioether (sulfide) groups is 1. The fraction of sp³-hybridized carbons (Fsp3) is 0.182. The normalized spacial score (nSPS) is 11.1. The number of methoxy groups -OCH3 is 1. The van der Waals surface area contributed by atoms with E-state index in [-0.39, 0.29) is 5.57 Å². The van der Waals surface area contributed by atoms with Crippen molar-refractivity contribution in [3.05, 3.63) is 35.1 Å². The fourth-order valence-electron chi connectivity index (χ4n) is 1.07. The van der Waals surface area contributed by atoms with Gasteiger partial charge in [0.25, 0.3) is 0 Å². The highest BCUT2D eigenvalue weighted by Gasteiger charge is 2.15. The van der Waals surface area contributed by atoms with Crippen molar-refractivity contribution < 1.29 is 9.53 Å². The molecule has 0 aliphatic carbocycles. The van der Waals surface area contributed by atoms with Crippen LogP contribution in [0, 0.1) is 11.3 Å². The van der Waals surface area contributed by atoms with Crippen LogP contribution in [0.1, 0.15) is 0 Å². The van der Waals surface area contributed by atoms with Crippen LogP contribution in [0.25, 0.3) is 0 Å². The predicted octanol–water partition coefficient (Wildman–Crippen LogP) is 1.76. The van der Waals surface area contributed by atoms with Gasteiger partial charge in [-0.1, -0.05) is 0 Å². The van der Waals surface area contributed by atoms with Crippen LogP contribution in [0.5, 0.6) is 0 Å². The Morgan fingerprint density at radius 2 is 2.41 bits per heavy atom. The van der Waals surface area contributed by atoms with Crippen molar-refractivity contribution in [2.45, 2.75) is 0 Å². The van der Waals surface area contributed by atoms with E-state index < -0.39 is 5.97 Å². The molecule has 0 aliphatic rings. The minimum atomic E-state index is -0.659. The zero-order chi connectivity index (χ0) is 12.7. The summed E-state index contributed by atoms with van der Waals surface area (Å²) in [5, 5.41) is 12.3. The van der Waals surface area contributed by atoms with Gasteiger partial charge in [-0.3, -0.25) is 4.98 Å². The number of aromatic nitrogens is 1. The van der Waals surface area contributed by atoms with Crippen LogP contribution < -0.4 is 5.32 Å². The van der Waals surface area contributed by atoms with Gasteiger partial charge in [-0.15, -0.1) is 11.8 Å². The summed E-state index contributed by atoms with van der Waals surface area (Å²) < 4.78 is 4.54. The summed E-state index contributed by atoms with van der Waals surface area (Å²) in [6.07, 6.45) is 5.00. The first-order valence-electron chi connectivity index (χ1n) is 4.66. The van der Waals surface area contributed by atoms with Gasteiger partial charge in [0.1, 0.15) is 6.07 Å². The quantitative estimate of drug-likeness (QED) is 0.498. The lowest BCUT2D eigenvalue weighted by molar-refractivity contribution is -0.135. The van der Waals surface area contributed by atoms with E-state index in [1.165, 1.54) is 18.9 Å². The van der Waals surface area contributed by atoms with Crippen LogP contribution >= 0.6 is 11.8 Å². The molecule has 0 bridgehead atoms. The van der Waals surface area contributed by atoms with Gasteiger partial charge in [-0.05, 0) is 18.4 Å². The molecule has 0 spiro atoms. The highest BCUT2D eigenvalue weighted by atomic mass is 32.2. The number of anilines is 1. The Hall–Kier alpha value is -2.00. The molecule has 0 atom stereocenters. The lowest BCUT2D eigenvalue weighted by atomic mass is 10.3. The second-order valence-corrected chi connectivity index (χ2v) is 3.69. The van der Waals surface area contributed by atoms with Crippen LogP contribution in [0.2, 0.25) is 0 Å². The number of carbonyl (C=O) groups excluding carboxylic acids is 1. The number of nitriles is 1. The van der Waals surface area contributed by atoms with E-state index in [1.807, 2.05) is 6.07 Å². The van der Waals surface area contributed by atoms with Crippen molar-refractivity contribution in [2.24, 2.45) is 0 Å². The molecule has 0 fully saturated rings. The minimum Gasteiger partial charge on any atom is -0.465 e. The third-order valence-corrected chi connectivity index (χ3v) is 2.57. The summed E-state index contributed by atoms with van der Waals surface area (Å²) in [5.74, 6) is -0.659. The standard InChI is InChI=1S/C11H11N3O2S/c1-16-11(15)9(6-12)10(17-2)14-8-4-3-5-13-7-8/h3-5,7,14H,1-2H3/b10-9+. The zero-order valence-electron chi connectivity index (χ0n) is 9.43. The highest BCUT2D eigenvalue weighted by molar-refractivity contribution is 8.02. The molecule has 0 saturated carbocycles. The number of hydrogen-bond donors (Lipinski definition) is 1. The van der Waals surface area contributed by atoms with Gasteiger partial charge in [0, 0.05) is 6.20 Å². The lowest BCUT2D eigenvalue weighted by Crippen LogP contribution is -2.09. The van der Waals surface area contributed by atoms with Crippen LogP contribution in [-0.4, -0.2) is 24.3 Å². The van der Waals surface area contributed by atoms with E-state index in [0.717, 1.165) is 0 Å². The number of nitrogens with zero attached hydrogens (tertiary/aromatic N) is 2. The van der Waals surface area contributed by atoms with E-state index in [0.29, 0.717) is 10.7 Å². The first-order valence-corrected chi connectivity index (χ1v) is 5.89. The smallest absolute Gasteiger partial charge is 0.351 e. The molecule has 17 heavy (non-hydrogen) atoms. The lowest BCUT2D eigenvalue weighted by Gasteiger charge is -2.09. The first-order chi connectivity index (χ1) is 8.22. The van der Waals surface area contributed by atoms with Crippen LogP contribution in [0.4, 0.5) is 5.69 Å². The number of nitrogens with one attached hydrogen (secondary N) is 1. The molecule has 0 saturated heterocycles. The third-order valence-electron chi connectivity index (χ3n) is 1.85. The van der Waals surface area contributed by atoms with Gasteiger partial charge in [0.15, 0.2) is 5.57 Å². The SMILES string of the molecule is COC(=O)/C(C#N)=C(\Nc1cccnc1)SC. The molecule has 1 aromatic heterocycles. The maximum Gasteiger partial charge on any atom is 0.351 e. The van der Waals surface area contributed by atoms with Crippen molar-refractivity contribution in [1.29, 1.82) is 5.26 Å². The molecule has 5 nitrogen and oxygen atoms in total. The summed E-state index contributed by atoms with van der Waals surface area (Å²) >= 11 is 1.26. The number of esters is 1. The van der Waals surface area contributed by atoms with Gasteiger partial charge in [0.05, 0.1) is 24.0 Å². The minimum absolute atomic E-state index is 0.0520. The van der Waals surface area contributed by atoms with Gasteiger partial charge < -0.3 is 10.1 Å². The van der Waals surface area contributed by atoms with E-state index in [9.17, 15) is 4.79 Å². The molecule has 1 aromatic rings. The molecule has 6 heteroatoms. The Labute approximate surface area is 103 Å². The average molecular weight is 249 g/mol. The number of hydrogen-bond acceptors (Lipinski definition) is 6. The van der Waals surface area contributed by atoms with Gasteiger partial charge >= 0.3 is 5.97 Å². The molecule has 1 rings (SSSR count). The van der Waals surface area contributed by atoms with E-state index in [4.69, 9.17) is 5.26 Å². The maximum atomic E-state index is 11.4. The highest BCUT2D eigenvalue weighted by Crippen LogP contribution is 2.20. The zero-order valence-corrected chi connectivity index (χ0v) is 10.2. The molecular formula is C11H11N3O2S. The Bertz CT molecular complexity index is 465. The molecule has 1 N–H and O–H groups in total. The van der Waals surface area contributed by atoms with Crippen molar-refractivity contribution in [1.82, 2.24) is 4.98 Å². The van der Waals surface area contributed by atoms with Crippen LogP contribution in [0.3, 0.4) is 0 Å². The second-order valence-electron chi connectivity index (χ2n) is 2.88. The molecule has 0 unspecified atom stereocenters.